The lowest BCUT2D eigenvalue weighted by Gasteiger charge is -2.46. The number of halogens is 1. The number of quaternary nitrogens is 1. The fourth-order valence-corrected chi connectivity index (χ4v) is 5.69. The molecule has 0 saturated carbocycles. The van der Waals surface area contributed by atoms with Crippen LogP contribution in [0.25, 0.3) is 0 Å². The molecule has 0 spiro atoms. The van der Waals surface area contributed by atoms with Gasteiger partial charge in [-0.25, -0.2) is 9.59 Å². The Morgan fingerprint density at radius 1 is 0.905 bits per heavy atom. The number of hydrogen-bond acceptors (Lipinski definition) is 9. The molecule has 1 heterocycles. The van der Waals surface area contributed by atoms with E-state index in [0.29, 0.717) is 64.4 Å². The molecule has 1 aliphatic rings. The monoisotopic (exact) mass is 608 g/mol. The normalized spacial score (nSPS) is 18.0. The first-order valence-corrected chi connectivity index (χ1v) is 13.7. The van der Waals surface area contributed by atoms with Gasteiger partial charge in [-0.1, -0.05) is 11.6 Å². The smallest absolute Gasteiger partial charge is 0.350 e. The fourth-order valence-electron chi connectivity index (χ4n) is 5.54. The number of carbonyl (C=O) groups excluding carboxylic acids is 1. The second kappa shape index (κ2) is 14.4. The molecule has 0 bridgehead atoms. The summed E-state index contributed by atoms with van der Waals surface area (Å²) in [5, 5.41) is 8.34. The number of methoxy groups -OCH3 is 6. The third-order valence-corrected chi connectivity index (χ3v) is 7.84. The molecule has 12 heteroatoms. The highest BCUT2D eigenvalue weighted by molar-refractivity contribution is 6.42. The van der Waals surface area contributed by atoms with Crippen LogP contribution in [0.4, 0.5) is 0 Å². The van der Waals surface area contributed by atoms with Gasteiger partial charge in [0.2, 0.25) is 11.5 Å². The number of likely N-dealkylation sites (N-methyl/N-ethyl adjacent to an activating group) is 1. The molecule has 11 nitrogen and oxygen atoms in total. The summed E-state index contributed by atoms with van der Waals surface area (Å²) in [4.78, 5) is 22.9. The van der Waals surface area contributed by atoms with Crippen molar-refractivity contribution in [1.82, 2.24) is 0 Å². The quantitative estimate of drug-likeness (QED) is 0.145. The average Bonchev–Trinajstić information content (AvgIpc) is 2.98. The Labute approximate surface area is 251 Å². The molecule has 2 atom stereocenters. The number of esters is 1. The van der Waals surface area contributed by atoms with E-state index in [9.17, 15) is 9.59 Å². The third-order valence-electron chi connectivity index (χ3n) is 7.58. The minimum Gasteiger partial charge on any atom is -0.493 e. The van der Waals surface area contributed by atoms with Gasteiger partial charge in [0.25, 0.3) is 0 Å². The van der Waals surface area contributed by atoms with Crippen molar-refractivity contribution >= 4 is 23.5 Å². The number of nitrogens with zero attached hydrogens (tertiary/aromatic N) is 1. The Hall–Kier alpha value is -3.83. The fraction of sp³-hybridized carbons (Fsp3) is 0.467. The molecular formula is C30H39ClNO10+. The van der Waals surface area contributed by atoms with Crippen molar-refractivity contribution in [3.63, 3.8) is 0 Å². The molecular weight excluding hydrogens is 570 g/mol. The van der Waals surface area contributed by atoms with E-state index >= 15 is 0 Å². The van der Waals surface area contributed by atoms with Gasteiger partial charge in [0, 0.05) is 25.3 Å². The van der Waals surface area contributed by atoms with Gasteiger partial charge in [-0.2, -0.15) is 0 Å². The number of hydrogen-bond donors (Lipinski definition) is 1. The van der Waals surface area contributed by atoms with Gasteiger partial charge in [-0.15, -0.1) is 0 Å². The minimum atomic E-state index is -1.32. The van der Waals surface area contributed by atoms with Gasteiger partial charge in [0.05, 0.1) is 75.0 Å². The molecule has 0 radical (unpaired) electrons. The average molecular weight is 609 g/mol. The topological polar surface area (TPSA) is 119 Å². The van der Waals surface area contributed by atoms with Crippen molar-refractivity contribution in [3.8, 4) is 34.5 Å². The molecule has 0 aromatic heterocycles. The first-order chi connectivity index (χ1) is 20.1. The van der Waals surface area contributed by atoms with E-state index in [2.05, 4.69) is 7.05 Å². The number of aliphatic carboxylic acids is 1. The highest BCUT2D eigenvalue weighted by Gasteiger charge is 2.43. The molecule has 230 valence electrons. The lowest BCUT2D eigenvalue weighted by molar-refractivity contribution is -0.941. The van der Waals surface area contributed by atoms with Crippen LogP contribution in [-0.2, 0) is 27.2 Å². The largest absolute Gasteiger partial charge is 0.493 e. The number of ether oxygens (including phenoxy) is 7. The van der Waals surface area contributed by atoms with E-state index in [1.807, 2.05) is 18.2 Å². The van der Waals surface area contributed by atoms with Gasteiger partial charge in [-0.3, -0.25) is 0 Å². The maximum Gasteiger partial charge on any atom is 0.350 e. The van der Waals surface area contributed by atoms with Crippen LogP contribution in [-0.4, -0.2) is 90.9 Å². The van der Waals surface area contributed by atoms with Crippen LogP contribution in [0.3, 0.4) is 0 Å². The number of carboxylic acid groups (broad SMARTS) is 1. The standard InChI is InChI=1S/C30H38ClNO10/c1-32(10-8-12-42-30(35)20(31)17-25(33)34)11-9-19-16-24(38-4)28(40-6)29(41-7)26(19)21(32)13-18-14-22(36-2)27(39-5)23(15-18)37-3/h14-17,21H,8-13H2,1-7H3/p+1/t21-,32?/m1/s1. The summed E-state index contributed by atoms with van der Waals surface area (Å²) in [6.45, 7) is 1.50. The van der Waals surface area contributed by atoms with Crippen LogP contribution >= 0.6 is 11.6 Å². The lowest BCUT2D eigenvalue weighted by atomic mass is 9.85. The third kappa shape index (κ3) is 6.96. The van der Waals surface area contributed by atoms with Crippen LogP contribution in [0.15, 0.2) is 29.3 Å². The number of rotatable bonds is 14. The Morgan fingerprint density at radius 3 is 2.00 bits per heavy atom. The summed E-state index contributed by atoms with van der Waals surface area (Å²) in [6.07, 6.45) is 2.46. The van der Waals surface area contributed by atoms with E-state index in [4.69, 9.17) is 49.9 Å². The Bertz CT molecular complexity index is 1300. The molecule has 0 aliphatic carbocycles. The SMILES string of the molecule is COc1cc(C[C@@H]2c3c(cc(OC)c(OC)c3OC)CC[N+]2(C)CCCOC(=O)C(Cl)=CC(=O)O)cc(OC)c1OC. The molecule has 0 saturated heterocycles. The summed E-state index contributed by atoms with van der Waals surface area (Å²) in [5.74, 6) is 1.11. The molecule has 0 amide bonds. The second-order valence-corrected chi connectivity index (χ2v) is 10.4. The van der Waals surface area contributed by atoms with E-state index in [1.54, 1.807) is 42.7 Å². The molecule has 2 aromatic carbocycles. The molecule has 3 rings (SSSR count). The van der Waals surface area contributed by atoms with Gasteiger partial charge < -0.3 is 42.7 Å². The van der Waals surface area contributed by atoms with Crippen molar-refractivity contribution in [2.75, 3.05) is 69.4 Å². The number of fused-ring (bicyclic) bond motifs is 1. The summed E-state index contributed by atoms with van der Waals surface area (Å²) >= 11 is 5.75. The van der Waals surface area contributed by atoms with Crippen molar-refractivity contribution < 1.29 is 52.3 Å². The van der Waals surface area contributed by atoms with Crippen LogP contribution in [0.5, 0.6) is 34.5 Å². The molecule has 1 N–H and O–H groups in total. The molecule has 1 aliphatic heterocycles. The van der Waals surface area contributed by atoms with E-state index < -0.39 is 17.0 Å². The van der Waals surface area contributed by atoms with Crippen molar-refractivity contribution in [1.29, 1.82) is 0 Å². The van der Waals surface area contributed by atoms with Gasteiger partial charge in [0.15, 0.2) is 23.0 Å². The maximum absolute atomic E-state index is 12.1. The summed E-state index contributed by atoms with van der Waals surface area (Å²) < 4.78 is 39.9. The second-order valence-electron chi connectivity index (χ2n) is 9.97. The minimum absolute atomic E-state index is 0.0726. The highest BCUT2D eigenvalue weighted by atomic mass is 35.5. The highest BCUT2D eigenvalue weighted by Crippen LogP contribution is 2.51. The lowest BCUT2D eigenvalue weighted by Crippen LogP contribution is -2.52. The van der Waals surface area contributed by atoms with Crippen LogP contribution in [0.1, 0.15) is 29.2 Å². The van der Waals surface area contributed by atoms with Crippen LogP contribution in [0, 0.1) is 0 Å². The Morgan fingerprint density at radius 2 is 1.48 bits per heavy atom. The first-order valence-electron chi connectivity index (χ1n) is 13.3. The summed E-state index contributed by atoms with van der Waals surface area (Å²) in [7, 11) is 11.7. The van der Waals surface area contributed by atoms with E-state index in [0.717, 1.165) is 29.7 Å². The molecule has 1 unspecified atom stereocenters. The predicted molar refractivity (Wildman–Crippen MR) is 155 cm³/mol. The molecule has 42 heavy (non-hydrogen) atoms. The first kappa shape index (κ1) is 32.7. The Balaban J connectivity index is 2.04. The maximum atomic E-state index is 12.1. The zero-order valence-corrected chi connectivity index (χ0v) is 25.8. The van der Waals surface area contributed by atoms with Crippen molar-refractivity contribution in [2.24, 2.45) is 0 Å². The van der Waals surface area contributed by atoms with Crippen molar-refractivity contribution in [3.05, 3.63) is 46.0 Å². The molecule has 2 aromatic rings. The molecule has 0 fully saturated rings. The van der Waals surface area contributed by atoms with Gasteiger partial charge >= 0.3 is 11.9 Å². The number of carboxylic acids is 1. The summed E-state index contributed by atoms with van der Waals surface area (Å²) in [6, 6.07) is 5.76. The van der Waals surface area contributed by atoms with Crippen LogP contribution < -0.4 is 28.4 Å². The van der Waals surface area contributed by atoms with E-state index in [1.165, 1.54) is 0 Å². The van der Waals surface area contributed by atoms with E-state index in [-0.39, 0.29) is 12.6 Å². The Kier molecular flexibility index (Phi) is 11.2. The summed E-state index contributed by atoms with van der Waals surface area (Å²) in [5.41, 5.74) is 3.05. The number of benzene rings is 2. The van der Waals surface area contributed by atoms with Crippen LogP contribution in [0.2, 0.25) is 0 Å². The predicted octanol–water partition coefficient (Wildman–Crippen LogP) is 4.17. The number of carbonyl (C=O) groups is 2. The zero-order chi connectivity index (χ0) is 31.0. The van der Waals surface area contributed by atoms with Crippen molar-refractivity contribution in [2.45, 2.75) is 25.3 Å². The van der Waals surface area contributed by atoms with Gasteiger partial charge in [0.1, 0.15) is 11.1 Å². The van der Waals surface area contributed by atoms with Gasteiger partial charge in [-0.05, 0) is 29.3 Å². The zero-order valence-electron chi connectivity index (χ0n) is 25.1.